The van der Waals surface area contributed by atoms with Crippen LogP contribution in [0.3, 0.4) is 0 Å². The number of piperidine rings is 1. The van der Waals surface area contributed by atoms with Crippen molar-refractivity contribution in [3.63, 3.8) is 0 Å². The molecule has 1 aliphatic rings. The molecular formula is C20H25NO. The third-order valence-electron chi connectivity index (χ3n) is 4.76. The van der Waals surface area contributed by atoms with E-state index in [-0.39, 0.29) is 24.1 Å². The van der Waals surface area contributed by atoms with E-state index in [9.17, 15) is 5.11 Å². The van der Waals surface area contributed by atoms with Crippen LogP contribution in [0.4, 0.5) is 0 Å². The Kier molecular flexibility index (Phi) is 4.91. The molecule has 2 heteroatoms. The molecule has 2 aromatic rings. The Bertz CT molecular complexity index is 569. The van der Waals surface area contributed by atoms with Gasteiger partial charge < -0.3 is 10.4 Å². The summed E-state index contributed by atoms with van der Waals surface area (Å²) >= 11 is 0. The van der Waals surface area contributed by atoms with Crippen molar-refractivity contribution in [3.8, 4) is 0 Å². The fraction of sp³-hybridized carbons (Fsp3) is 0.400. The van der Waals surface area contributed by atoms with Crippen LogP contribution < -0.4 is 5.32 Å². The Morgan fingerprint density at radius 2 is 1.55 bits per heavy atom. The molecule has 4 atom stereocenters. The molecule has 22 heavy (non-hydrogen) atoms. The standard InChI is InChI=1S/C20H25NO/c1-2-9-17-19(22)14-18(15-10-5-3-6-11-15)21-20(17)16-12-7-4-8-13-16/h3-8,10-13,17-22H,2,9,14H2,1H3/t17-,18+,19-,20-/m1/s1. The summed E-state index contributed by atoms with van der Waals surface area (Å²) in [6.07, 6.45) is 2.69. The SMILES string of the molecule is CCC[C@@H]1[C@H](O)C[C@@H](c2ccccc2)N[C@@H]1c1ccccc1. The highest BCUT2D eigenvalue weighted by atomic mass is 16.3. The predicted molar refractivity (Wildman–Crippen MR) is 90.5 cm³/mol. The largest absolute Gasteiger partial charge is 0.393 e. The molecule has 0 amide bonds. The van der Waals surface area contributed by atoms with E-state index < -0.39 is 0 Å². The molecule has 1 fully saturated rings. The van der Waals surface area contributed by atoms with Crippen LogP contribution >= 0.6 is 0 Å². The zero-order valence-electron chi connectivity index (χ0n) is 13.2. The maximum atomic E-state index is 10.7. The Labute approximate surface area is 133 Å². The number of aliphatic hydroxyl groups excluding tert-OH is 1. The number of rotatable bonds is 4. The molecular weight excluding hydrogens is 270 g/mol. The lowest BCUT2D eigenvalue weighted by Gasteiger charge is -2.41. The first-order valence-corrected chi connectivity index (χ1v) is 8.33. The monoisotopic (exact) mass is 295 g/mol. The first-order valence-electron chi connectivity index (χ1n) is 8.33. The van der Waals surface area contributed by atoms with Gasteiger partial charge in [-0.15, -0.1) is 0 Å². The average molecular weight is 295 g/mol. The summed E-state index contributed by atoms with van der Waals surface area (Å²) in [5.74, 6) is 0.285. The van der Waals surface area contributed by atoms with Gasteiger partial charge in [0.15, 0.2) is 0 Å². The van der Waals surface area contributed by atoms with Crippen LogP contribution in [0.25, 0.3) is 0 Å². The fourth-order valence-corrected chi connectivity index (χ4v) is 3.66. The molecule has 1 heterocycles. The molecule has 1 saturated heterocycles. The lowest BCUT2D eigenvalue weighted by molar-refractivity contribution is 0.0262. The van der Waals surface area contributed by atoms with Gasteiger partial charge in [0, 0.05) is 18.0 Å². The first kappa shape index (κ1) is 15.3. The van der Waals surface area contributed by atoms with Crippen molar-refractivity contribution in [2.24, 2.45) is 5.92 Å². The number of benzene rings is 2. The average Bonchev–Trinajstić information content (AvgIpc) is 2.58. The van der Waals surface area contributed by atoms with Crippen LogP contribution in [0.2, 0.25) is 0 Å². The van der Waals surface area contributed by atoms with Crippen LogP contribution in [0.15, 0.2) is 60.7 Å². The summed E-state index contributed by atoms with van der Waals surface area (Å²) < 4.78 is 0. The molecule has 2 aromatic carbocycles. The van der Waals surface area contributed by atoms with Crippen molar-refractivity contribution in [3.05, 3.63) is 71.8 Å². The predicted octanol–water partition coefficient (Wildman–Crippen LogP) is 4.24. The van der Waals surface area contributed by atoms with E-state index in [0.29, 0.717) is 0 Å². The summed E-state index contributed by atoms with van der Waals surface area (Å²) in [7, 11) is 0. The second-order valence-electron chi connectivity index (χ2n) is 6.27. The van der Waals surface area contributed by atoms with E-state index in [4.69, 9.17) is 0 Å². The lowest BCUT2D eigenvalue weighted by Crippen LogP contribution is -2.44. The molecule has 0 radical (unpaired) electrons. The van der Waals surface area contributed by atoms with Gasteiger partial charge in [0.2, 0.25) is 0 Å². The number of hydrogen-bond donors (Lipinski definition) is 2. The van der Waals surface area contributed by atoms with Gasteiger partial charge in [0.1, 0.15) is 0 Å². The third kappa shape index (κ3) is 3.23. The van der Waals surface area contributed by atoms with Gasteiger partial charge in [-0.3, -0.25) is 0 Å². The summed E-state index contributed by atoms with van der Waals surface area (Å²) in [6.45, 7) is 2.19. The molecule has 0 aliphatic carbocycles. The summed E-state index contributed by atoms with van der Waals surface area (Å²) in [5.41, 5.74) is 2.54. The number of aliphatic hydroxyl groups is 1. The fourth-order valence-electron chi connectivity index (χ4n) is 3.66. The normalized spacial score (nSPS) is 28.5. The minimum absolute atomic E-state index is 0.217. The van der Waals surface area contributed by atoms with Gasteiger partial charge in [-0.05, 0) is 24.0 Å². The summed E-state index contributed by atoms with van der Waals surface area (Å²) in [4.78, 5) is 0. The van der Waals surface area contributed by atoms with Crippen molar-refractivity contribution in [2.45, 2.75) is 44.4 Å². The number of hydrogen-bond acceptors (Lipinski definition) is 2. The van der Waals surface area contributed by atoms with E-state index in [2.05, 4.69) is 60.8 Å². The van der Waals surface area contributed by atoms with Crippen LogP contribution in [0.5, 0.6) is 0 Å². The summed E-state index contributed by atoms with van der Waals surface area (Å²) in [5, 5.41) is 14.5. The zero-order chi connectivity index (χ0) is 15.4. The van der Waals surface area contributed by atoms with Crippen LogP contribution in [-0.4, -0.2) is 11.2 Å². The molecule has 116 valence electrons. The highest BCUT2D eigenvalue weighted by Crippen LogP contribution is 2.39. The van der Waals surface area contributed by atoms with Gasteiger partial charge in [-0.25, -0.2) is 0 Å². The molecule has 0 saturated carbocycles. The van der Waals surface area contributed by atoms with Crippen LogP contribution in [-0.2, 0) is 0 Å². The molecule has 0 aromatic heterocycles. The molecule has 2 nitrogen and oxygen atoms in total. The topological polar surface area (TPSA) is 32.3 Å². The Balaban J connectivity index is 1.88. The summed E-state index contributed by atoms with van der Waals surface area (Å²) in [6, 6.07) is 21.4. The lowest BCUT2D eigenvalue weighted by atomic mass is 9.78. The smallest absolute Gasteiger partial charge is 0.0604 e. The molecule has 3 rings (SSSR count). The van der Waals surface area contributed by atoms with Crippen molar-refractivity contribution >= 4 is 0 Å². The Morgan fingerprint density at radius 3 is 2.14 bits per heavy atom. The molecule has 1 aliphatic heterocycles. The quantitative estimate of drug-likeness (QED) is 0.884. The highest BCUT2D eigenvalue weighted by Gasteiger charge is 2.37. The van der Waals surface area contributed by atoms with Gasteiger partial charge in [0.05, 0.1) is 6.10 Å². The molecule has 0 spiro atoms. The van der Waals surface area contributed by atoms with Crippen molar-refractivity contribution in [1.29, 1.82) is 0 Å². The Hall–Kier alpha value is -1.64. The second-order valence-corrected chi connectivity index (χ2v) is 6.27. The zero-order valence-corrected chi connectivity index (χ0v) is 13.2. The van der Waals surface area contributed by atoms with Crippen molar-refractivity contribution in [2.75, 3.05) is 0 Å². The third-order valence-corrected chi connectivity index (χ3v) is 4.76. The van der Waals surface area contributed by atoms with Crippen molar-refractivity contribution < 1.29 is 5.11 Å². The van der Waals surface area contributed by atoms with Crippen molar-refractivity contribution in [1.82, 2.24) is 5.32 Å². The molecule has 0 bridgehead atoms. The van der Waals surface area contributed by atoms with E-state index in [1.807, 2.05) is 12.1 Å². The van der Waals surface area contributed by atoms with Gasteiger partial charge in [0.25, 0.3) is 0 Å². The second kappa shape index (κ2) is 7.08. The number of nitrogens with one attached hydrogen (secondary N) is 1. The Morgan fingerprint density at radius 1 is 0.955 bits per heavy atom. The minimum Gasteiger partial charge on any atom is -0.393 e. The van der Waals surface area contributed by atoms with Crippen LogP contribution in [0, 0.1) is 5.92 Å². The van der Waals surface area contributed by atoms with Gasteiger partial charge in [-0.1, -0.05) is 74.0 Å². The maximum Gasteiger partial charge on any atom is 0.0604 e. The van der Waals surface area contributed by atoms with E-state index in [1.165, 1.54) is 11.1 Å². The van der Waals surface area contributed by atoms with Gasteiger partial charge >= 0.3 is 0 Å². The molecule has 0 unspecified atom stereocenters. The first-order chi connectivity index (χ1) is 10.8. The van der Waals surface area contributed by atoms with E-state index >= 15 is 0 Å². The molecule has 2 N–H and O–H groups in total. The van der Waals surface area contributed by atoms with E-state index in [1.54, 1.807) is 0 Å². The van der Waals surface area contributed by atoms with Crippen LogP contribution in [0.1, 0.15) is 49.4 Å². The van der Waals surface area contributed by atoms with E-state index in [0.717, 1.165) is 19.3 Å². The minimum atomic E-state index is -0.253. The highest BCUT2D eigenvalue weighted by molar-refractivity contribution is 5.25. The van der Waals surface area contributed by atoms with Gasteiger partial charge in [-0.2, -0.15) is 0 Å². The maximum absolute atomic E-state index is 10.7.